The molecule has 0 aromatic carbocycles. The van der Waals surface area contributed by atoms with Crippen LogP contribution in [0.1, 0.15) is 11.8 Å². The van der Waals surface area contributed by atoms with Crippen LogP contribution in [0, 0.1) is 5.92 Å². The van der Waals surface area contributed by atoms with Crippen molar-refractivity contribution in [2.45, 2.75) is 19.5 Å². The van der Waals surface area contributed by atoms with Crippen molar-refractivity contribution in [1.29, 1.82) is 0 Å². The monoisotopic (exact) mass is 345 g/mol. The number of likely N-dealkylation sites (N-methyl/N-ethyl adjacent to an activating group) is 1. The molecule has 1 saturated heterocycles. The van der Waals surface area contributed by atoms with Crippen LogP contribution < -0.4 is 5.32 Å². The van der Waals surface area contributed by atoms with E-state index in [2.05, 4.69) is 63.5 Å². The highest BCUT2D eigenvalue weighted by Gasteiger charge is 2.30. The van der Waals surface area contributed by atoms with Crippen LogP contribution in [0.15, 0.2) is 15.9 Å². The Bertz CT molecular complexity index is 394. The lowest BCUT2D eigenvalue weighted by atomic mass is 10.1. The Morgan fingerprint density at radius 3 is 2.84 bits per heavy atom. The Balaban J connectivity index is 1.64. The minimum Gasteiger partial charge on any atom is -0.311 e. The molecule has 1 aromatic rings. The van der Waals surface area contributed by atoms with E-state index in [-0.39, 0.29) is 0 Å². The van der Waals surface area contributed by atoms with Gasteiger partial charge in [0.05, 0.1) is 0 Å². The summed E-state index contributed by atoms with van der Waals surface area (Å²) in [4.78, 5) is 6.33. The number of nitrogens with one attached hydrogen (secondary N) is 1. The fraction of sp³-hybridized carbons (Fsp3) is 0.714. The highest BCUT2D eigenvalue weighted by atomic mass is 79.9. The van der Waals surface area contributed by atoms with Gasteiger partial charge in [-0.1, -0.05) is 6.92 Å². The molecule has 1 aromatic heterocycles. The Kier molecular flexibility index (Phi) is 5.84. The van der Waals surface area contributed by atoms with E-state index >= 15 is 0 Å². The van der Waals surface area contributed by atoms with Crippen LogP contribution in [0.4, 0.5) is 0 Å². The van der Waals surface area contributed by atoms with E-state index < -0.39 is 0 Å². The van der Waals surface area contributed by atoms with Crippen molar-refractivity contribution in [3.05, 3.63) is 20.8 Å². The van der Waals surface area contributed by atoms with Gasteiger partial charge in [-0.3, -0.25) is 0 Å². The summed E-state index contributed by atoms with van der Waals surface area (Å²) in [5.74, 6) is 0.781. The van der Waals surface area contributed by atoms with E-state index in [4.69, 9.17) is 0 Å². The maximum atomic E-state index is 3.54. The summed E-state index contributed by atoms with van der Waals surface area (Å²) in [6, 6.07) is 2.91. The molecule has 0 bridgehead atoms. The number of nitrogens with zero attached hydrogens (tertiary/aromatic N) is 2. The molecule has 0 aliphatic carbocycles. The van der Waals surface area contributed by atoms with Crippen molar-refractivity contribution in [2.75, 3.05) is 40.3 Å². The summed E-state index contributed by atoms with van der Waals surface area (Å²) in [6.45, 7) is 8.01. The van der Waals surface area contributed by atoms with Crippen LogP contribution >= 0.6 is 27.3 Å². The van der Waals surface area contributed by atoms with E-state index in [1.807, 2.05) is 11.3 Å². The molecule has 108 valence electrons. The summed E-state index contributed by atoms with van der Waals surface area (Å²) in [5.41, 5.74) is 0. The Morgan fingerprint density at radius 2 is 2.26 bits per heavy atom. The van der Waals surface area contributed by atoms with Crippen LogP contribution in [-0.4, -0.2) is 56.1 Å². The zero-order valence-corrected chi connectivity index (χ0v) is 14.4. The first kappa shape index (κ1) is 15.4. The van der Waals surface area contributed by atoms with Gasteiger partial charge in [-0.25, -0.2) is 0 Å². The van der Waals surface area contributed by atoms with Crippen LogP contribution in [0.3, 0.4) is 0 Å². The fourth-order valence-corrected chi connectivity index (χ4v) is 4.22. The maximum Gasteiger partial charge on any atom is 0.0300 e. The molecule has 1 aliphatic heterocycles. The molecule has 0 saturated carbocycles. The van der Waals surface area contributed by atoms with Crippen molar-refractivity contribution in [1.82, 2.24) is 15.1 Å². The quantitative estimate of drug-likeness (QED) is 0.799. The number of likely N-dealkylation sites (tertiary alicyclic amines) is 1. The number of halogens is 1. The topological polar surface area (TPSA) is 18.5 Å². The lowest BCUT2D eigenvalue weighted by Crippen LogP contribution is -2.35. The summed E-state index contributed by atoms with van der Waals surface area (Å²) in [7, 11) is 4.38. The number of hydrogen-bond donors (Lipinski definition) is 1. The minimum atomic E-state index is 0.716. The Morgan fingerprint density at radius 1 is 1.47 bits per heavy atom. The van der Waals surface area contributed by atoms with E-state index in [9.17, 15) is 0 Å². The molecule has 3 nitrogen and oxygen atoms in total. The van der Waals surface area contributed by atoms with E-state index in [1.165, 1.54) is 22.4 Å². The lowest BCUT2D eigenvalue weighted by Gasteiger charge is -2.22. The molecule has 5 heteroatoms. The van der Waals surface area contributed by atoms with Gasteiger partial charge >= 0.3 is 0 Å². The third-order valence-electron chi connectivity index (χ3n) is 3.84. The smallest absolute Gasteiger partial charge is 0.0300 e. The lowest BCUT2D eigenvalue weighted by molar-refractivity contribution is 0.252. The fourth-order valence-electron chi connectivity index (χ4n) is 2.80. The second-order valence-corrected chi connectivity index (χ2v) is 7.59. The van der Waals surface area contributed by atoms with Gasteiger partial charge in [0.2, 0.25) is 0 Å². The second kappa shape index (κ2) is 7.18. The van der Waals surface area contributed by atoms with E-state index in [1.54, 1.807) is 0 Å². The van der Waals surface area contributed by atoms with Crippen LogP contribution in [0.25, 0.3) is 0 Å². The summed E-state index contributed by atoms with van der Waals surface area (Å²) >= 11 is 5.30. The van der Waals surface area contributed by atoms with Crippen LogP contribution in [-0.2, 0) is 6.54 Å². The highest BCUT2D eigenvalue weighted by molar-refractivity contribution is 9.10. The molecule has 0 amide bonds. The normalized spacial score (nSPS) is 24.5. The molecule has 2 heterocycles. The van der Waals surface area contributed by atoms with E-state index in [0.29, 0.717) is 6.04 Å². The second-order valence-electron chi connectivity index (χ2n) is 5.68. The van der Waals surface area contributed by atoms with Crippen LogP contribution in [0.5, 0.6) is 0 Å². The SMILES string of the molecule is CC1CN(CCNCc2cc(Br)cs2)CC1N(C)C. The molecule has 19 heavy (non-hydrogen) atoms. The van der Waals surface area contributed by atoms with Gasteiger partial charge in [-0.2, -0.15) is 0 Å². The van der Waals surface area contributed by atoms with Gasteiger partial charge < -0.3 is 15.1 Å². The molecule has 1 aliphatic rings. The predicted molar refractivity (Wildman–Crippen MR) is 86.8 cm³/mol. The van der Waals surface area contributed by atoms with Gasteiger partial charge in [0.1, 0.15) is 0 Å². The van der Waals surface area contributed by atoms with Gasteiger partial charge in [0.15, 0.2) is 0 Å². The van der Waals surface area contributed by atoms with E-state index in [0.717, 1.165) is 25.6 Å². The standard InChI is InChI=1S/C14H24BrN3S/c1-11-8-18(9-14(11)17(2)3)5-4-16-7-13-6-12(15)10-19-13/h6,10-11,14,16H,4-5,7-9H2,1-3H3. The average Bonchev–Trinajstić information content (AvgIpc) is 2.91. The molecule has 1 fully saturated rings. The van der Waals surface area contributed by atoms with Crippen molar-refractivity contribution >= 4 is 27.3 Å². The largest absolute Gasteiger partial charge is 0.311 e. The first-order valence-corrected chi connectivity index (χ1v) is 8.56. The number of rotatable bonds is 6. The predicted octanol–water partition coefficient (Wildman–Crippen LogP) is 2.48. The molecule has 1 N–H and O–H groups in total. The van der Waals surface area contributed by atoms with Crippen molar-refractivity contribution < 1.29 is 0 Å². The summed E-state index contributed by atoms with van der Waals surface area (Å²) in [6.07, 6.45) is 0. The first-order valence-electron chi connectivity index (χ1n) is 6.88. The average molecular weight is 346 g/mol. The molecular weight excluding hydrogens is 322 g/mol. The third-order valence-corrected chi connectivity index (χ3v) is 5.53. The van der Waals surface area contributed by atoms with Crippen LogP contribution in [0.2, 0.25) is 0 Å². The Hall–Kier alpha value is 0.0600. The van der Waals surface area contributed by atoms with Gasteiger partial charge in [-0.05, 0) is 42.0 Å². The molecule has 2 unspecified atom stereocenters. The molecule has 2 rings (SSSR count). The number of thiophene rings is 1. The van der Waals surface area contributed by atoms with Crippen molar-refractivity contribution in [3.8, 4) is 0 Å². The van der Waals surface area contributed by atoms with Crippen molar-refractivity contribution in [2.24, 2.45) is 5.92 Å². The van der Waals surface area contributed by atoms with Gasteiger partial charge in [0.25, 0.3) is 0 Å². The summed E-state index contributed by atoms with van der Waals surface area (Å²) < 4.78 is 1.19. The molecule has 0 spiro atoms. The zero-order valence-electron chi connectivity index (χ0n) is 12.0. The van der Waals surface area contributed by atoms with Crippen molar-refractivity contribution in [3.63, 3.8) is 0 Å². The number of hydrogen-bond acceptors (Lipinski definition) is 4. The minimum absolute atomic E-state index is 0.716. The first-order chi connectivity index (χ1) is 9.06. The maximum absolute atomic E-state index is 3.54. The van der Waals surface area contributed by atoms with Gasteiger partial charge in [0, 0.05) is 53.5 Å². The summed E-state index contributed by atoms with van der Waals surface area (Å²) in [5, 5.41) is 5.67. The zero-order chi connectivity index (χ0) is 13.8. The molecule has 2 atom stereocenters. The van der Waals surface area contributed by atoms with Gasteiger partial charge in [-0.15, -0.1) is 11.3 Å². The molecular formula is C14H24BrN3S. The molecule has 0 radical (unpaired) electrons. The highest BCUT2D eigenvalue weighted by Crippen LogP contribution is 2.20. The third kappa shape index (κ3) is 4.53. The Labute approximate surface area is 129 Å².